The van der Waals surface area contributed by atoms with E-state index in [1.54, 1.807) is 0 Å². The average molecular weight is 272 g/mol. The monoisotopic (exact) mass is 272 g/mol. The van der Waals surface area contributed by atoms with Crippen molar-refractivity contribution in [1.29, 1.82) is 0 Å². The first-order valence-electron chi connectivity index (χ1n) is 6.24. The number of phenols is 1. The summed E-state index contributed by atoms with van der Waals surface area (Å²) in [6.45, 7) is 3.41. The van der Waals surface area contributed by atoms with Crippen molar-refractivity contribution in [2.45, 2.75) is 12.6 Å². The van der Waals surface area contributed by atoms with E-state index in [2.05, 4.69) is 10.2 Å². The fourth-order valence-corrected chi connectivity index (χ4v) is 2.09. The van der Waals surface area contributed by atoms with Gasteiger partial charge in [0.25, 0.3) is 0 Å². The van der Waals surface area contributed by atoms with E-state index in [-0.39, 0.29) is 6.10 Å². The molecule has 0 bridgehead atoms. The van der Waals surface area contributed by atoms with Gasteiger partial charge in [-0.25, -0.2) is 8.78 Å². The van der Waals surface area contributed by atoms with Gasteiger partial charge in [-0.15, -0.1) is 0 Å². The lowest BCUT2D eigenvalue weighted by atomic mass is 10.2. The second kappa shape index (κ2) is 6.27. The van der Waals surface area contributed by atoms with Crippen molar-refractivity contribution in [3.63, 3.8) is 0 Å². The Morgan fingerprint density at radius 3 is 2.74 bits per heavy atom. The number of morpholine rings is 1. The smallest absolute Gasteiger partial charge is 0.187 e. The third kappa shape index (κ3) is 3.86. The Hall–Kier alpha value is -1.24. The number of rotatable bonds is 4. The molecular formula is C13H18F2N2O2. The summed E-state index contributed by atoms with van der Waals surface area (Å²) < 4.78 is 31.8. The molecule has 6 heteroatoms. The highest BCUT2D eigenvalue weighted by atomic mass is 19.1. The molecule has 1 atom stereocenters. The van der Waals surface area contributed by atoms with Gasteiger partial charge in [-0.2, -0.15) is 0 Å². The summed E-state index contributed by atoms with van der Waals surface area (Å²) in [6, 6.07) is 2.25. The first-order chi connectivity index (χ1) is 9.06. The average Bonchev–Trinajstić information content (AvgIpc) is 2.36. The van der Waals surface area contributed by atoms with Crippen LogP contribution in [-0.4, -0.2) is 49.4 Å². The normalized spacial score (nSPS) is 20.7. The van der Waals surface area contributed by atoms with Gasteiger partial charge in [0, 0.05) is 26.2 Å². The molecule has 1 aliphatic heterocycles. The molecule has 1 saturated heterocycles. The van der Waals surface area contributed by atoms with Gasteiger partial charge >= 0.3 is 0 Å². The molecule has 0 aliphatic carbocycles. The zero-order valence-corrected chi connectivity index (χ0v) is 10.8. The van der Waals surface area contributed by atoms with Gasteiger partial charge in [0.1, 0.15) is 0 Å². The van der Waals surface area contributed by atoms with Crippen molar-refractivity contribution in [3.8, 4) is 5.75 Å². The Morgan fingerprint density at radius 2 is 2.11 bits per heavy atom. The van der Waals surface area contributed by atoms with E-state index >= 15 is 0 Å². The van der Waals surface area contributed by atoms with Crippen LogP contribution in [0.25, 0.3) is 0 Å². The summed E-state index contributed by atoms with van der Waals surface area (Å²) in [5, 5.41) is 12.1. The number of hydrogen-bond donors (Lipinski definition) is 2. The van der Waals surface area contributed by atoms with E-state index in [0.29, 0.717) is 25.3 Å². The molecule has 1 heterocycles. The van der Waals surface area contributed by atoms with E-state index in [9.17, 15) is 8.78 Å². The van der Waals surface area contributed by atoms with Gasteiger partial charge in [-0.1, -0.05) is 0 Å². The molecule has 4 nitrogen and oxygen atoms in total. The molecular weight excluding hydrogens is 254 g/mol. The summed E-state index contributed by atoms with van der Waals surface area (Å²) in [6.07, 6.45) is 0.0885. The molecule has 1 aliphatic rings. The Balaban J connectivity index is 1.82. The molecule has 1 aromatic carbocycles. The number of benzene rings is 1. The molecule has 1 aromatic rings. The van der Waals surface area contributed by atoms with Crippen LogP contribution in [0.3, 0.4) is 0 Å². The van der Waals surface area contributed by atoms with Gasteiger partial charge in [-0.05, 0) is 24.7 Å². The third-order valence-corrected chi connectivity index (χ3v) is 3.12. The maximum absolute atomic E-state index is 13.1. The van der Waals surface area contributed by atoms with Crippen molar-refractivity contribution in [2.75, 3.05) is 33.3 Å². The number of aromatic hydroxyl groups is 1. The molecule has 0 saturated carbocycles. The zero-order chi connectivity index (χ0) is 13.8. The Morgan fingerprint density at radius 1 is 1.42 bits per heavy atom. The molecule has 1 fully saturated rings. The molecule has 19 heavy (non-hydrogen) atoms. The van der Waals surface area contributed by atoms with Gasteiger partial charge in [0.2, 0.25) is 0 Å². The highest BCUT2D eigenvalue weighted by Gasteiger charge is 2.17. The van der Waals surface area contributed by atoms with Crippen LogP contribution in [0, 0.1) is 11.6 Å². The standard InChI is InChI=1S/C13H18F2N2O2/c1-17-2-3-19-10(8-17)7-16-6-9-4-11(14)13(18)12(15)5-9/h4-5,10,16,18H,2-3,6-8H2,1H3. The molecule has 1 unspecified atom stereocenters. The van der Waals surface area contributed by atoms with Crippen LogP contribution < -0.4 is 5.32 Å². The lowest BCUT2D eigenvalue weighted by Crippen LogP contribution is -2.44. The number of ether oxygens (including phenoxy) is 1. The SMILES string of the molecule is CN1CCOC(CNCc2cc(F)c(O)c(F)c2)C1. The molecule has 106 valence electrons. The maximum Gasteiger partial charge on any atom is 0.187 e. The number of likely N-dealkylation sites (N-methyl/N-ethyl adjacent to an activating group) is 1. The molecule has 0 spiro atoms. The Bertz CT molecular complexity index is 420. The second-order valence-corrected chi connectivity index (χ2v) is 4.79. The van der Waals surface area contributed by atoms with Crippen LogP contribution in [0.15, 0.2) is 12.1 Å². The maximum atomic E-state index is 13.1. The van der Waals surface area contributed by atoms with E-state index in [1.165, 1.54) is 0 Å². The minimum absolute atomic E-state index is 0.0885. The van der Waals surface area contributed by atoms with E-state index in [4.69, 9.17) is 9.84 Å². The van der Waals surface area contributed by atoms with Gasteiger partial charge in [0.05, 0.1) is 12.7 Å². The highest BCUT2D eigenvalue weighted by Crippen LogP contribution is 2.21. The lowest BCUT2D eigenvalue weighted by molar-refractivity contribution is -0.0182. The second-order valence-electron chi connectivity index (χ2n) is 4.79. The number of nitrogens with zero attached hydrogens (tertiary/aromatic N) is 1. The largest absolute Gasteiger partial charge is 0.503 e. The van der Waals surface area contributed by atoms with Crippen molar-refractivity contribution in [1.82, 2.24) is 10.2 Å². The first kappa shape index (κ1) is 14.2. The van der Waals surface area contributed by atoms with E-state index in [0.717, 1.165) is 25.2 Å². The quantitative estimate of drug-likeness (QED) is 0.861. The van der Waals surface area contributed by atoms with E-state index in [1.807, 2.05) is 7.05 Å². The van der Waals surface area contributed by atoms with Crippen LogP contribution >= 0.6 is 0 Å². The minimum atomic E-state index is -0.939. The van der Waals surface area contributed by atoms with Crippen LogP contribution in [0.1, 0.15) is 5.56 Å². The summed E-state index contributed by atoms with van der Waals surface area (Å²) >= 11 is 0. The van der Waals surface area contributed by atoms with Gasteiger partial charge in [-0.3, -0.25) is 0 Å². The number of nitrogens with one attached hydrogen (secondary N) is 1. The minimum Gasteiger partial charge on any atom is -0.503 e. The predicted molar refractivity (Wildman–Crippen MR) is 67.0 cm³/mol. The summed E-state index contributed by atoms with van der Waals surface area (Å²) in [7, 11) is 2.03. The van der Waals surface area contributed by atoms with Crippen molar-refractivity contribution in [3.05, 3.63) is 29.3 Å². The Kier molecular flexibility index (Phi) is 4.68. The molecule has 0 radical (unpaired) electrons. The summed E-state index contributed by atoms with van der Waals surface area (Å²) in [4.78, 5) is 2.18. The first-order valence-corrected chi connectivity index (χ1v) is 6.24. The summed E-state index contributed by atoms with van der Waals surface area (Å²) in [5.41, 5.74) is 0.456. The number of phenolic OH excluding ortho intramolecular Hbond substituents is 1. The molecule has 0 amide bonds. The topological polar surface area (TPSA) is 44.7 Å². The fraction of sp³-hybridized carbons (Fsp3) is 0.538. The number of hydrogen-bond acceptors (Lipinski definition) is 4. The fourth-order valence-electron chi connectivity index (χ4n) is 2.09. The van der Waals surface area contributed by atoms with Crippen molar-refractivity contribution >= 4 is 0 Å². The lowest BCUT2D eigenvalue weighted by Gasteiger charge is -2.30. The van der Waals surface area contributed by atoms with Gasteiger partial charge in [0.15, 0.2) is 17.4 Å². The van der Waals surface area contributed by atoms with Crippen LogP contribution in [-0.2, 0) is 11.3 Å². The zero-order valence-electron chi connectivity index (χ0n) is 10.8. The van der Waals surface area contributed by atoms with E-state index < -0.39 is 17.4 Å². The third-order valence-electron chi connectivity index (χ3n) is 3.12. The Labute approximate surface area is 111 Å². The number of halogens is 2. The predicted octanol–water partition coefficient (Wildman–Crippen LogP) is 1.09. The molecule has 0 aromatic heterocycles. The highest BCUT2D eigenvalue weighted by molar-refractivity contribution is 5.29. The molecule has 2 rings (SSSR count). The van der Waals surface area contributed by atoms with Crippen LogP contribution in [0.4, 0.5) is 8.78 Å². The van der Waals surface area contributed by atoms with Crippen molar-refractivity contribution < 1.29 is 18.6 Å². The van der Waals surface area contributed by atoms with Crippen LogP contribution in [0.2, 0.25) is 0 Å². The van der Waals surface area contributed by atoms with Crippen molar-refractivity contribution in [2.24, 2.45) is 0 Å². The van der Waals surface area contributed by atoms with Crippen LogP contribution in [0.5, 0.6) is 5.75 Å². The molecule has 2 N–H and O–H groups in total. The summed E-state index contributed by atoms with van der Waals surface area (Å²) in [5.74, 6) is -2.81. The van der Waals surface area contributed by atoms with Gasteiger partial charge < -0.3 is 20.1 Å².